The first-order valence-corrected chi connectivity index (χ1v) is 6.40. The molecule has 5 heteroatoms. The van der Waals surface area contributed by atoms with Crippen LogP contribution in [-0.4, -0.2) is 35.7 Å². The van der Waals surface area contributed by atoms with E-state index in [1.165, 1.54) is 7.11 Å². The predicted octanol–water partition coefficient (Wildman–Crippen LogP) is 1.70. The minimum Gasteiger partial charge on any atom is -0.465 e. The lowest BCUT2D eigenvalue weighted by Crippen LogP contribution is -2.03. The van der Waals surface area contributed by atoms with Crippen molar-refractivity contribution >= 4 is 11.6 Å². The number of fused-ring (bicyclic) bond motifs is 1. The van der Waals surface area contributed by atoms with Crippen LogP contribution in [0, 0.1) is 5.92 Å². The average molecular weight is 260 g/mol. The molecule has 0 spiro atoms. The molecule has 2 aromatic heterocycles. The Labute approximate surface area is 111 Å². The summed E-state index contributed by atoms with van der Waals surface area (Å²) in [5.74, 6) is 0.223. The number of rotatable bonds is 3. The molecule has 1 aliphatic rings. The number of esters is 1. The van der Waals surface area contributed by atoms with Gasteiger partial charge in [-0.15, -0.1) is 0 Å². The second-order valence-electron chi connectivity index (χ2n) is 4.84. The number of aromatic nitrogens is 2. The minimum atomic E-state index is -0.337. The summed E-state index contributed by atoms with van der Waals surface area (Å²) in [5.41, 5.74) is 2.34. The zero-order chi connectivity index (χ0) is 13.2. The molecule has 3 rings (SSSR count). The van der Waals surface area contributed by atoms with Crippen molar-refractivity contribution in [2.24, 2.45) is 5.92 Å². The molecule has 3 heterocycles. The third-order valence-electron chi connectivity index (χ3n) is 3.45. The number of hydrogen-bond donors (Lipinski definition) is 0. The van der Waals surface area contributed by atoms with Crippen molar-refractivity contribution in [2.75, 3.05) is 20.3 Å². The largest absolute Gasteiger partial charge is 0.465 e. The van der Waals surface area contributed by atoms with Crippen LogP contribution in [-0.2, 0) is 15.9 Å². The van der Waals surface area contributed by atoms with E-state index < -0.39 is 0 Å². The van der Waals surface area contributed by atoms with Crippen LogP contribution in [0.25, 0.3) is 5.65 Å². The van der Waals surface area contributed by atoms with Crippen LogP contribution >= 0.6 is 0 Å². The molecule has 0 amide bonds. The summed E-state index contributed by atoms with van der Waals surface area (Å²) < 4.78 is 12.0. The van der Waals surface area contributed by atoms with E-state index in [-0.39, 0.29) is 5.97 Å². The summed E-state index contributed by atoms with van der Waals surface area (Å²) in [6, 6.07) is 3.49. The van der Waals surface area contributed by atoms with Crippen molar-refractivity contribution in [3.63, 3.8) is 0 Å². The summed E-state index contributed by atoms with van der Waals surface area (Å²) in [4.78, 5) is 16.0. The molecule has 1 fully saturated rings. The third-order valence-corrected chi connectivity index (χ3v) is 3.45. The summed E-state index contributed by atoms with van der Waals surface area (Å²) in [5, 5.41) is 0. The van der Waals surface area contributed by atoms with Gasteiger partial charge in [0, 0.05) is 25.6 Å². The van der Waals surface area contributed by atoms with Crippen LogP contribution in [0.4, 0.5) is 0 Å². The summed E-state index contributed by atoms with van der Waals surface area (Å²) in [6.07, 6.45) is 5.87. The Morgan fingerprint density at radius 2 is 2.53 bits per heavy atom. The standard InChI is InChI=1S/C14H16N2O3/c1-18-14(17)11-2-4-16-8-12(15-13(16)7-11)6-10-3-5-19-9-10/h2,4,7-8,10H,3,5-6,9H2,1H3. The molecule has 0 saturated carbocycles. The van der Waals surface area contributed by atoms with Gasteiger partial charge < -0.3 is 13.9 Å². The van der Waals surface area contributed by atoms with Crippen LogP contribution in [0.2, 0.25) is 0 Å². The molecule has 5 nitrogen and oxygen atoms in total. The number of hydrogen-bond acceptors (Lipinski definition) is 4. The van der Waals surface area contributed by atoms with E-state index in [1.807, 2.05) is 16.8 Å². The van der Waals surface area contributed by atoms with Gasteiger partial charge in [0.1, 0.15) is 5.65 Å². The number of carbonyl (C=O) groups excluding carboxylic acids is 1. The van der Waals surface area contributed by atoms with Gasteiger partial charge in [-0.25, -0.2) is 9.78 Å². The first kappa shape index (κ1) is 12.2. The van der Waals surface area contributed by atoms with Crippen molar-refractivity contribution in [3.05, 3.63) is 35.8 Å². The molecule has 1 atom stereocenters. The second-order valence-corrected chi connectivity index (χ2v) is 4.84. The van der Waals surface area contributed by atoms with Gasteiger partial charge in [-0.3, -0.25) is 0 Å². The maximum absolute atomic E-state index is 11.5. The van der Waals surface area contributed by atoms with Gasteiger partial charge in [-0.05, 0) is 30.9 Å². The highest BCUT2D eigenvalue weighted by molar-refractivity contribution is 5.90. The molecule has 100 valence electrons. The Balaban J connectivity index is 1.85. The van der Waals surface area contributed by atoms with E-state index in [0.717, 1.165) is 37.4 Å². The van der Waals surface area contributed by atoms with E-state index in [2.05, 4.69) is 4.98 Å². The fourth-order valence-corrected chi connectivity index (χ4v) is 2.42. The van der Waals surface area contributed by atoms with Crippen LogP contribution in [0.15, 0.2) is 24.5 Å². The smallest absolute Gasteiger partial charge is 0.338 e. The van der Waals surface area contributed by atoms with Crippen molar-refractivity contribution in [3.8, 4) is 0 Å². The van der Waals surface area contributed by atoms with Crippen LogP contribution < -0.4 is 0 Å². The molecule has 0 aliphatic carbocycles. The van der Waals surface area contributed by atoms with Gasteiger partial charge in [0.2, 0.25) is 0 Å². The van der Waals surface area contributed by atoms with Gasteiger partial charge in [-0.2, -0.15) is 0 Å². The molecule has 0 aromatic carbocycles. The quantitative estimate of drug-likeness (QED) is 0.788. The van der Waals surface area contributed by atoms with Crippen LogP contribution in [0.3, 0.4) is 0 Å². The highest BCUT2D eigenvalue weighted by Crippen LogP contribution is 2.18. The van der Waals surface area contributed by atoms with Gasteiger partial charge >= 0.3 is 5.97 Å². The van der Waals surface area contributed by atoms with Crippen molar-refractivity contribution in [1.82, 2.24) is 9.38 Å². The number of pyridine rings is 1. The van der Waals surface area contributed by atoms with E-state index >= 15 is 0 Å². The number of carbonyl (C=O) groups is 1. The van der Waals surface area contributed by atoms with E-state index in [9.17, 15) is 4.79 Å². The molecule has 0 N–H and O–H groups in total. The van der Waals surface area contributed by atoms with Crippen LogP contribution in [0.5, 0.6) is 0 Å². The number of methoxy groups -OCH3 is 1. The molecular weight excluding hydrogens is 244 g/mol. The van der Waals surface area contributed by atoms with Crippen LogP contribution in [0.1, 0.15) is 22.5 Å². The lowest BCUT2D eigenvalue weighted by molar-refractivity contribution is 0.0600. The van der Waals surface area contributed by atoms with Gasteiger partial charge in [0.15, 0.2) is 0 Å². The van der Waals surface area contributed by atoms with Crippen molar-refractivity contribution in [1.29, 1.82) is 0 Å². The van der Waals surface area contributed by atoms with E-state index in [0.29, 0.717) is 11.5 Å². The van der Waals surface area contributed by atoms with Gasteiger partial charge in [-0.1, -0.05) is 0 Å². The second kappa shape index (κ2) is 5.01. The normalized spacial score (nSPS) is 18.9. The molecule has 19 heavy (non-hydrogen) atoms. The molecule has 2 aromatic rings. The first-order valence-electron chi connectivity index (χ1n) is 6.40. The first-order chi connectivity index (χ1) is 9.26. The van der Waals surface area contributed by atoms with Gasteiger partial charge in [0.05, 0.1) is 18.4 Å². The van der Waals surface area contributed by atoms with E-state index in [1.54, 1.807) is 12.1 Å². The minimum absolute atomic E-state index is 0.337. The topological polar surface area (TPSA) is 52.8 Å². The molecular formula is C14H16N2O3. The number of ether oxygens (including phenoxy) is 2. The van der Waals surface area contributed by atoms with E-state index in [4.69, 9.17) is 9.47 Å². The van der Waals surface area contributed by atoms with Crippen molar-refractivity contribution < 1.29 is 14.3 Å². The maximum atomic E-state index is 11.5. The SMILES string of the molecule is COC(=O)c1ccn2cc(CC3CCOC3)nc2c1. The highest BCUT2D eigenvalue weighted by atomic mass is 16.5. The predicted molar refractivity (Wildman–Crippen MR) is 69.2 cm³/mol. The Kier molecular flexibility index (Phi) is 3.21. The molecule has 1 unspecified atom stereocenters. The number of nitrogens with zero attached hydrogens (tertiary/aromatic N) is 2. The molecule has 1 aliphatic heterocycles. The summed E-state index contributed by atoms with van der Waals surface area (Å²) >= 11 is 0. The molecule has 1 saturated heterocycles. The van der Waals surface area contributed by atoms with Crippen molar-refractivity contribution in [2.45, 2.75) is 12.8 Å². The Hall–Kier alpha value is -1.88. The fourth-order valence-electron chi connectivity index (χ4n) is 2.42. The number of imidazole rings is 1. The summed E-state index contributed by atoms with van der Waals surface area (Å²) in [7, 11) is 1.38. The lowest BCUT2D eigenvalue weighted by atomic mass is 10.0. The zero-order valence-corrected chi connectivity index (χ0v) is 10.8. The summed E-state index contributed by atoms with van der Waals surface area (Å²) in [6.45, 7) is 1.67. The Morgan fingerprint density at radius 3 is 3.26 bits per heavy atom. The molecule has 0 radical (unpaired) electrons. The Bertz CT molecular complexity index is 600. The average Bonchev–Trinajstić information content (AvgIpc) is 3.05. The van der Waals surface area contributed by atoms with Gasteiger partial charge in [0.25, 0.3) is 0 Å². The fraction of sp³-hybridized carbons (Fsp3) is 0.429. The maximum Gasteiger partial charge on any atom is 0.338 e. The Morgan fingerprint density at radius 1 is 1.63 bits per heavy atom. The third kappa shape index (κ3) is 2.46. The monoisotopic (exact) mass is 260 g/mol. The lowest BCUT2D eigenvalue weighted by Gasteiger charge is -2.02. The molecule has 0 bridgehead atoms. The highest BCUT2D eigenvalue weighted by Gasteiger charge is 2.17. The zero-order valence-electron chi connectivity index (χ0n) is 10.8.